The minimum absolute atomic E-state index is 0.0799. The van der Waals surface area contributed by atoms with E-state index in [-0.39, 0.29) is 18.1 Å². The molecular weight excluding hydrogens is 192 g/mol. The number of aliphatic hydroxyl groups excluding tert-OH is 1. The molecule has 0 bridgehead atoms. The van der Waals surface area contributed by atoms with Crippen molar-refractivity contribution in [3.63, 3.8) is 0 Å². The first-order valence-corrected chi connectivity index (χ1v) is 5.93. The highest BCUT2D eigenvalue weighted by molar-refractivity contribution is 5.82. The van der Waals surface area contributed by atoms with Crippen LogP contribution < -0.4 is 0 Å². The summed E-state index contributed by atoms with van der Waals surface area (Å²) in [5.74, 6) is 0.224. The van der Waals surface area contributed by atoms with Crippen LogP contribution in [0.1, 0.15) is 26.2 Å². The van der Waals surface area contributed by atoms with Crippen molar-refractivity contribution in [2.24, 2.45) is 0 Å². The maximum absolute atomic E-state index is 12.1. The number of aliphatic hydroxyl groups is 1. The molecule has 15 heavy (non-hydrogen) atoms. The van der Waals surface area contributed by atoms with Crippen LogP contribution in [-0.4, -0.2) is 59.1 Å². The van der Waals surface area contributed by atoms with Gasteiger partial charge < -0.3 is 10.0 Å². The molecule has 1 N–H and O–H groups in total. The van der Waals surface area contributed by atoms with E-state index in [9.17, 15) is 9.90 Å². The molecule has 2 saturated heterocycles. The first-order valence-electron chi connectivity index (χ1n) is 5.93. The highest BCUT2D eigenvalue weighted by Crippen LogP contribution is 2.20. The van der Waals surface area contributed by atoms with Crippen LogP contribution in [0.25, 0.3) is 0 Å². The minimum atomic E-state index is -0.285. The van der Waals surface area contributed by atoms with Gasteiger partial charge in [-0.3, -0.25) is 9.69 Å². The Morgan fingerprint density at radius 1 is 1.40 bits per heavy atom. The van der Waals surface area contributed by atoms with Crippen LogP contribution in [0, 0.1) is 0 Å². The van der Waals surface area contributed by atoms with E-state index in [2.05, 4.69) is 11.8 Å². The van der Waals surface area contributed by atoms with Crippen LogP contribution in [0.3, 0.4) is 0 Å². The van der Waals surface area contributed by atoms with Gasteiger partial charge in [-0.1, -0.05) is 13.3 Å². The molecule has 2 heterocycles. The summed E-state index contributed by atoms with van der Waals surface area (Å²) >= 11 is 0. The summed E-state index contributed by atoms with van der Waals surface area (Å²) in [6, 6.07) is 0.0799. The monoisotopic (exact) mass is 212 g/mol. The van der Waals surface area contributed by atoms with Gasteiger partial charge in [-0.05, 0) is 25.9 Å². The lowest BCUT2D eigenvalue weighted by Gasteiger charge is -2.42. The SMILES string of the molecule is CCN1CCCCC1C(=O)N1CC(O)C1. The van der Waals surface area contributed by atoms with Gasteiger partial charge in [0.1, 0.15) is 0 Å². The average Bonchev–Trinajstić information content (AvgIpc) is 2.24. The lowest BCUT2D eigenvalue weighted by molar-refractivity contribution is -0.148. The number of likely N-dealkylation sites (tertiary alicyclic amines) is 2. The molecule has 86 valence electrons. The van der Waals surface area contributed by atoms with Crippen molar-refractivity contribution in [2.75, 3.05) is 26.2 Å². The zero-order valence-corrected chi connectivity index (χ0v) is 9.35. The third kappa shape index (κ3) is 2.16. The lowest BCUT2D eigenvalue weighted by atomic mass is 9.99. The molecule has 2 fully saturated rings. The van der Waals surface area contributed by atoms with Crippen molar-refractivity contribution in [1.82, 2.24) is 9.80 Å². The molecule has 0 saturated carbocycles. The van der Waals surface area contributed by atoms with E-state index < -0.39 is 0 Å². The molecule has 0 aromatic rings. The van der Waals surface area contributed by atoms with Crippen LogP contribution in [0.2, 0.25) is 0 Å². The van der Waals surface area contributed by atoms with Crippen LogP contribution in [0.5, 0.6) is 0 Å². The average molecular weight is 212 g/mol. The molecule has 2 aliphatic rings. The van der Waals surface area contributed by atoms with Gasteiger partial charge >= 0.3 is 0 Å². The summed E-state index contributed by atoms with van der Waals surface area (Å²) < 4.78 is 0. The Balaban J connectivity index is 1.92. The summed E-state index contributed by atoms with van der Waals surface area (Å²) in [5.41, 5.74) is 0. The maximum Gasteiger partial charge on any atom is 0.240 e. The van der Waals surface area contributed by atoms with Gasteiger partial charge in [-0.2, -0.15) is 0 Å². The largest absolute Gasteiger partial charge is 0.389 e. The molecule has 0 aromatic heterocycles. The van der Waals surface area contributed by atoms with Crippen molar-refractivity contribution in [2.45, 2.75) is 38.3 Å². The number of β-amino-alcohol motifs (C(OH)–C–C–N with tert-alkyl or cyclic N) is 1. The number of amides is 1. The fourth-order valence-electron chi connectivity index (χ4n) is 2.50. The van der Waals surface area contributed by atoms with Crippen molar-refractivity contribution in [3.8, 4) is 0 Å². The van der Waals surface area contributed by atoms with E-state index in [0.29, 0.717) is 13.1 Å². The molecule has 0 aliphatic carbocycles. The van der Waals surface area contributed by atoms with Gasteiger partial charge in [0.2, 0.25) is 5.91 Å². The van der Waals surface area contributed by atoms with E-state index >= 15 is 0 Å². The fourth-order valence-corrected chi connectivity index (χ4v) is 2.50. The Kier molecular flexibility index (Phi) is 3.26. The van der Waals surface area contributed by atoms with Crippen LogP contribution in [-0.2, 0) is 4.79 Å². The fraction of sp³-hybridized carbons (Fsp3) is 0.909. The second kappa shape index (κ2) is 4.49. The Hall–Kier alpha value is -0.610. The van der Waals surface area contributed by atoms with E-state index in [1.165, 1.54) is 6.42 Å². The lowest BCUT2D eigenvalue weighted by Crippen LogP contribution is -2.60. The van der Waals surface area contributed by atoms with Gasteiger partial charge in [0.15, 0.2) is 0 Å². The van der Waals surface area contributed by atoms with Gasteiger partial charge in [0, 0.05) is 13.1 Å². The zero-order valence-electron chi connectivity index (χ0n) is 9.35. The molecule has 2 aliphatic heterocycles. The molecule has 0 radical (unpaired) electrons. The standard InChI is InChI=1S/C11H20N2O2/c1-2-12-6-4-3-5-10(12)11(15)13-7-9(14)8-13/h9-10,14H,2-8H2,1H3. The van der Waals surface area contributed by atoms with E-state index in [0.717, 1.165) is 25.9 Å². The van der Waals surface area contributed by atoms with Crippen molar-refractivity contribution in [1.29, 1.82) is 0 Å². The van der Waals surface area contributed by atoms with Gasteiger partial charge in [0.05, 0.1) is 12.1 Å². The number of carbonyl (C=O) groups excluding carboxylic acids is 1. The Bertz CT molecular complexity index is 239. The normalized spacial score (nSPS) is 28.9. The number of rotatable bonds is 2. The highest BCUT2D eigenvalue weighted by Gasteiger charge is 2.36. The molecule has 1 unspecified atom stereocenters. The molecule has 1 atom stereocenters. The second-order valence-corrected chi connectivity index (χ2v) is 4.54. The predicted octanol–water partition coefficient (Wildman–Crippen LogP) is 0.0639. The third-order valence-electron chi connectivity index (χ3n) is 3.48. The Morgan fingerprint density at radius 2 is 2.13 bits per heavy atom. The molecule has 2 rings (SSSR count). The first kappa shape index (κ1) is 10.9. The summed E-state index contributed by atoms with van der Waals surface area (Å²) in [4.78, 5) is 16.1. The number of carbonyl (C=O) groups is 1. The summed E-state index contributed by atoms with van der Waals surface area (Å²) in [6.07, 6.45) is 3.07. The molecule has 0 aromatic carbocycles. The molecular formula is C11H20N2O2. The predicted molar refractivity (Wildman–Crippen MR) is 57.5 cm³/mol. The van der Waals surface area contributed by atoms with Crippen LogP contribution >= 0.6 is 0 Å². The maximum atomic E-state index is 12.1. The van der Waals surface area contributed by atoms with Gasteiger partial charge in [-0.25, -0.2) is 0 Å². The topological polar surface area (TPSA) is 43.8 Å². The van der Waals surface area contributed by atoms with Crippen LogP contribution in [0.4, 0.5) is 0 Å². The van der Waals surface area contributed by atoms with E-state index in [1.807, 2.05) is 0 Å². The van der Waals surface area contributed by atoms with E-state index in [1.54, 1.807) is 4.90 Å². The second-order valence-electron chi connectivity index (χ2n) is 4.54. The van der Waals surface area contributed by atoms with Gasteiger partial charge in [-0.15, -0.1) is 0 Å². The summed E-state index contributed by atoms with van der Waals surface area (Å²) in [5, 5.41) is 9.18. The highest BCUT2D eigenvalue weighted by atomic mass is 16.3. The number of hydrogen-bond donors (Lipinski definition) is 1. The van der Waals surface area contributed by atoms with Gasteiger partial charge in [0.25, 0.3) is 0 Å². The van der Waals surface area contributed by atoms with Crippen molar-refractivity contribution >= 4 is 5.91 Å². The number of nitrogens with zero attached hydrogens (tertiary/aromatic N) is 2. The zero-order chi connectivity index (χ0) is 10.8. The Labute approximate surface area is 90.9 Å². The number of hydrogen-bond acceptors (Lipinski definition) is 3. The molecule has 4 nitrogen and oxygen atoms in total. The van der Waals surface area contributed by atoms with E-state index in [4.69, 9.17) is 0 Å². The summed E-state index contributed by atoms with van der Waals surface area (Å²) in [6.45, 7) is 5.17. The molecule has 1 amide bonds. The third-order valence-corrected chi connectivity index (χ3v) is 3.48. The van der Waals surface area contributed by atoms with Crippen molar-refractivity contribution in [3.05, 3.63) is 0 Å². The minimum Gasteiger partial charge on any atom is -0.389 e. The quantitative estimate of drug-likeness (QED) is 0.704. The smallest absolute Gasteiger partial charge is 0.240 e. The number of piperidine rings is 1. The first-order chi connectivity index (χ1) is 7.22. The van der Waals surface area contributed by atoms with Crippen LogP contribution in [0.15, 0.2) is 0 Å². The van der Waals surface area contributed by atoms with Crippen molar-refractivity contribution < 1.29 is 9.90 Å². The Morgan fingerprint density at radius 3 is 2.73 bits per heavy atom. The molecule has 0 spiro atoms. The summed E-state index contributed by atoms with van der Waals surface area (Å²) in [7, 11) is 0. The number of likely N-dealkylation sites (N-methyl/N-ethyl adjacent to an activating group) is 1. The molecule has 4 heteroatoms.